The second kappa shape index (κ2) is 6.62. The Morgan fingerprint density at radius 3 is 2.61 bits per heavy atom. The number of hydrogen-bond acceptors (Lipinski definition) is 3. The summed E-state index contributed by atoms with van der Waals surface area (Å²) in [6.07, 6.45) is 1.69. The van der Waals surface area contributed by atoms with Crippen molar-refractivity contribution >= 4 is 51.8 Å². The standard InChI is InChI=1S/C18H16IN3O/c1-12-10-14(8-9-17(12)19)20-11-16-13(2)21-22(18(16)23)15-6-4-3-5-7-15/h3-11,16H,1-2H3/t16-/m0/s1. The van der Waals surface area contributed by atoms with Gasteiger partial charge in [0.1, 0.15) is 5.92 Å². The summed E-state index contributed by atoms with van der Waals surface area (Å²) in [7, 11) is 0. The van der Waals surface area contributed by atoms with Crippen molar-refractivity contribution in [1.82, 2.24) is 0 Å². The van der Waals surface area contributed by atoms with E-state index in [4.69, 9.17) is 0 Å². The Morgan fingerprint density at radius 2 is 1.91 bits per heavy atom. The molecule has 1 amide bonds. The summed E-state index contributed by atoms with van der Waals surface area (Å²) in [5.41, 5.74) is 3.55. The van der Waals surface area contributed by atoms with Crippen LogP contribution >= 0.6 is 22.6 Å². The van der Waals surface area contributed by atoms with Crippen LogP contribution in [0.4, 0.5) is 11.4 Å². The van der Waals surface area contributed by atoms with Gasteiger partial charge in [0.2, 0.25) is 0 Å². The van der Waals surface area contributed by atoms with Gasteiger partial charge in [0.15, 0.2) is 0 Å². The molecule has 0 saturated heterocycles. The molecule has 0 N–H and O–H groups in total. The maximum atomic E-state index is 12.6. The lowest BCUT2D eigenvalue weighted by molar-refractivity contribution is -0.118. The van der Waals surface area contributed by atoms with Crippen LogP contribution in [0, 0.1) is 16.4 Å². The van der Waals surface area contributed by atoms with E-state index in [0.717, 1.165) is 17.1 Å². The number of halogens is 1. The van der Waals surface area contributed by atoms with Gasteiger partial charge in [-0.1, -0.05) is 18.2 Å². The quantitative estimate of drug-likeness (QED) is 0.542. The molecule has 0 aliphatic carbocycles. The minimum atomic E-state index is -0.408. The average Bonchev–Trinajstić information content (AvgIpc) is 2.84. The van der Waals surface area contributed by atoms with Crippen molar-refractivity contribution in [2.24, 2.45) is 16.0 Å². The number of hydrogen-bond donors (Lipinski definition) is 0. The van der Waals surface area contributed by atoms with Crippen molar-refractivity contribution in [2.45, 2.75) is 13.8 Å². The molecule has 0 saturated carbocycles. The summed E-state index contributed by atoms with van der Waals surface area (Å²) >= 11 is 2.29. The number of nitrogens with zero attached hydrogens (tertiary/aromatic N) is 3. The number of rotatable bonds is 3. The molecule has 2 aromatic carbocycles. The number of carbonyl (C=O) groups is 1. The van der Waals surface area contributed by atoms with Crippen LogP contribution in [0.3, 0.4) is 0 Å². The average molecular weight is 417 g/mol. The van der Waals surface area contributed by atoms with Crippen molar-refractivity contribution in [1.29, 1.82) is 0 Å². The van der Waals surface area contributed by atoms with E-state index in [-0.39, 0.29) is 5.91 Å². The molecule has 1 aliphatic rings. The number of aryl methyl sites for hydroxylation is 1. The summed E-state index contributed by atoms with van der Waals surface area (Å²) in [6, 6.07) is 15.4. The Balaban J connectivity index is 1.81. The first-order chi connectivity index (χ1) is 11.1. The van der Waals surface area contributed by atoms with E-state index in [1.165, 1.54) is 14.1 Å². The fourth-order valence-corrected chi connectivity index (χ4v) is 2.71. The molecule has 0 bridgehead atoms. The normalized spacial score (nSPS) is 17.9. The molecule has 0 spiro atoms. The van der Waals surface area contributed by atoms with Crippen LogP contribution in [0.1, 0.15) is 12.5 Å². The first kappa shape index (κ1) is 15.9. The van der Waals surface area contributed by atoms with Gasteiger partial charge in [0, 0.05) is 9.78 Å². The fourth-order valence-electron chi connectivity index (χ4n) is 2.38. The van der Waals surface area contributed by atoms with Gasteiger partial charge in [0.25, 0.3) is 5.91 Å². The highest BCUT2D eigenvalue weighted by Crippen LogP contribution is 2.24. The third-order valence-electron chi connectivity index (χ3n) is 3.70. The van der Waals surface area contributed by atoms with Gasteiger partial charge in [-0.3, -0.25) is 9.79 Å². The van der Waals surface area contributed by atoms with Gasteiger partial charge in [-0.2, -0.15) is 10.1 Å². The minimum absolute atomic E-state index is 0.0697. The lowest BCUT2D eigenvalue weighted by Gasteiger charge is -2.12. The van der Waals surface area contributed by atoms with Gasteiger partial charge in [0.05, 0.1) is 17.1 Å². The zero-order valence-electron chi connectivity index (χ0n) is 12.9. The zero-order valence-corrected chi connectivity index (χ0v) is 15.1. The number of para-hydroxylation sites is 1. The minimum Gasteiger partial charge on any atom is -0.271 e. The highest BCUT2D eigenvalue weighted by molar-refractivity contribution is 14.1. The van der Waals surface area contributed by atoms with E-state index >= 15 is 0 Å². The molecular weight excluding hydrogens is 401 g/mol. The second-order valence-corrected chi connectivity index (χ2v) is 6.58. The Kier molecular flexibility index (Phi) is 4.56. The Bertz CT molecular complexity index is 799. The van der Waals surface area contributed by atoms with Crippen molar-refractivity contribution in [2.75, 3.05) is 5.01 Å². The third-order valence-corrected chi connectivity index (χ3v) is 4.91. The van der Waals surface area contributed by atoms with E-state index in [2.05, 4.69) is 32.7 Å². The third kappa shape index (κ3) is 3.34. The number of amides is 1. The largest absolute Gasteiger partial charge is 0.271 e. The van der Waals surface area contributed by atoms with E-state index < -0.39 is 5.92 Å². The highest BCUT2D eigenvalue weighted by atomic mass is 127. The molecule has 0 aromatic heterocycles. The lowest BCUT2D eigenvalue weighted by Crippen LogP contribution is -2.27. The molecule has 3 rings (SSSR count). The van der Waals surface area contributed by atoms with E-state index in [1.807, 2.05) is 62.4 Å². The Morgan fingerprint density at radius 1 is 1.17 bits per heavy atom. The van der Waals surface area contributed by atoms with Gasteiger partial charge >= 0.3 is 0 Å². The zero-order chi connectivity index (χ0) is 16.4. The van der Waals surface area contributed by atoms with E-state index in [0.29, 0.717) is 0 Å². The molecule has 2 aromatic rings. The van der Waals surface area contributed by atoms with Crippen LogP contribution in [-0.2, 0) is 4.79 Å². The SMILES string of the molecule is CC1=NN(c2ccccc2)C(=O)[C@H]1C=Nc1ccc(I)c(C)c1. The number of benzene rings is 2. The molecule has 116 valence electrons. The smallest absolute Gasteiger partial charge is 0.261 e. The maximum absolute atomic E-state index is 12.6. The van der Waals surface area contributed by atoms with Gasteiger partial charge in [-0.25, -0.2) is 0 Å². The number of aliphatic imine (C=N–C) groups is 1. The van der Waals surface area contributed by atoms with Gasteiger partial charge in [-0.15, -0.1) is 0 Å². The molecule has 23 heavy (non-hydrogen) atoms. The van der Waals surface area contributed by atoms with E-state index in [9.17, 15) is 4.79 Å². The molecular formula is C18H16IN3O. The summed E-state index contributed by atoms with van der Waals surface area (Å²) in [4.78, 5) is 17.0. The Hall–Kier alpha value is -2.02. The number of carbonyl (C=O) groups excluding carboxylic acids is 1. The first-order valence-corrected chi connectivity index (χ1v) is 8.38. The summed E-state index contributed by atoms with van der Waals surface area (Å²) in [6.45, 7) is 3.90. The molecule has 1 atom stereocenters. The highest BCUT2D eigenvalue weighted by Gasteiger charge is 2.33. The van der Waals surface area contributed by atoms with Crippen LogP contribution < -0.4 is 5.01 Å². The predicted molar refractivity (Wildman–Crippen MR) is 103 cm³/mol. The molecule has 1 aliphatic heterocycles. The monoisotopic (exact) mass is 417 g/mol. The summed E-state index contributed by atoms with van der Waals surface area (Å²) < 4.78 is 1.20. The second-order valence-electron chi connectivity index (χ2n) is 5.42. The van der Waals surface area contributed by atoms with Crippen molar-refractivity contribution in [3.05, 3.63) is 57.7 Å². The van der Waals surface area contributed by atoms with Crippen molar-refractivity contribution < 1.29 is 4.79 Å². The Labute approximate surface area is 149 Å². The van der Waals surface area contributed by atoms with Crippen LogP contribution in [0.5, 0.6) is 0 Å². The molecule has 0 unspecified atom stereocenters. The van der Waals surface area contributed by atoms with Crippen LogP contribution in [-0.4, -0.2) is 17.8 Å². The molecule has 0 radical (unpaired) electrons. The maximum Gasteiger partial charge on any atom is 0.261 e. The topological polar surface area (TPSA) is 45.0 Å². The van der Waals surface area contributed by atoms with Gasteiger partial charge in [-0.05, 0) is 72.3 Å². The first-order valence-electron chi connectivity index (χ1n) is 7.31. The number of anilines is 1. The van der Waals surface area contributed by atoms with Gasteiger partial charge < -0.3 is 0 Å². The number of hydrazone groups is 1. The summed E-state index contributed by atoms with van der Waals surface area (Å²) in [5.74, 6) is -0.477. The van der Waals surface area contributed by atoms with E-state index in [1.54, 1.807) is 6.21 Å². The van der Waals surface area contributed by atoms with Crippen molar-refractivity contribution in [3.8, 4) is 0 Å². The predicted octanol–water partition coefficient (Wildman–Crippen LogP) is 4.34. The molecule has 4 nitrogen and oxygen atoms in total. The van der Waals surface area contributed by atoms with Crippen molar-refractivity contribution in [3.63, 3.8) is 0 Å². The molecule has 1 heterocycles. The van der Waals surface area contributed by atoms with Crippen LogP contribution in [0.2, 0.25) is 0 Å². The summed E-state index contributed by atoms with van der Waals surface area (Å²) in [5, 5.41) is 5.82. The fraction of sp³-hybridized carbons (Fsp3) is 0.167. The van der Waals surface area contributed by atoms with Crippen LogP contribution in [0.15, 0.2) is 58.6 Å². The lowest BCUT2D eigenvalue weighted by atomic mass is 10.1. The molecule has 0 fully saturated rings. The molecule has 5 heteroatoms. The van der Waals surface area contributed by atoms with Crippen LogP contribution in [0.25, 0.3) is 0 Å².